The second-order valence-electron chi connectivity index (χ2n) is 5.35. The quantitative estimate of drug-likeness (QED) is 0.888. The summed E-state index contributed by atoms with van der Waals surface area (Å²) < 4.78 is 15.4. The first-order chi connectivity index (χ1) is 10.5. The molecule has 22 heavy (non-hydrogen) atoms. The molecular weight excluding hydrogens is 289 g/mol. The van der Waals surface area contributed by atoms with E-state index >= 15 is 0 Å². The smallest absolute Gasteiger partial charge is 0.335 e. The number of carboxylic acids is 1. The third-order valence-electron chi connectivity index (χ3n) is 3.50. The van der Waals surface area contributed by atoms with Gasteiger partial charge in [0, 0.05) is 12.7 Å². The predicted octanol–water partition coefficient (Wildman–Crippen LogP) is 2.38. The Hall–Kier alpha value is -2.70. The zero-order chi connectivity index (χ0) is 15.7. The van der Waals surface area contributed by atoms with Gasteiger partial charge >= 0.3 is 5.97 Å². The zero-order valence-corrected chi connectivity index (χ0v) is 11.6. The fraction of sp³-hybridized carbons (Fsp3) is 0.267. The average Bonchev–Trinajstić information content (AvgIpc) is 3.16. The van der Waals surface area contributed by atoms with Crippen molar-refractivity contribution in [3.05, 3.63) is 47.5 Å². The van der Waals surface area contributed by atoms with Crippen molar-refractivity contribution in [1.29, 1.82) is 0 Å². The SMILES string of the molecule is O=C(O)c1ccc(F)c(NC(=O)c2cnn(CC3CC3)c2)c1. The Morgan fingerprint density at radius 2 is 2.14 bits per heavy atom. The Balaban J connectivity index is 1.74. The van der Waals surface area contributed by atoms with E-state index in [-0.39, 0.29) is 11.3 Å². The number of nitrogens with one attached hydrogen (secondary N) is 1. The number of benzene rings is 1. The number of carbonyl (C=O) groups is 2. The second kappa shape index (κ2) is 5.59. The molecule has 1 fully saturated rings. The van der Waals surface area contributed by atoms with E-state index in [4.69, 9.17) is 5.11 Å². The minimum absolute atomic E-state index is 0.0962. The van der Waals surface area contributed by atoms with Gasteiger partial charge in [-0.2, -0.15) is 5.10 Å². The maximum atomic E-state index is 13.7. The van der Waals surface area contributed by atoms with Crippen molar-refractivity contribution in [2.24, 2.45) is 5.92 Å². The van der Waals surface area contributed by atoms with Crippen LogP contribution in [0.25, 0.3) is 0 Å². The Morgan fingerprint density at radius 1 is 1.36 bits per heavy atom. The van der Waals surface area contributed by atoms with E-state index in [0.29, 0.717) is 11.5 Å². The van der Waals surface area contributed by atoms with Gasteiger partial charge in [-0.25, -0.2) is 9.18 Å². The summed E-state index contributed by atoms with van der Waals surface area (Å²) in [5.41, 5.74) is 0.0433. The van der Waals surface area contributed by atoms with Crippen LogP contribution >= 0.6 is 0 Å². The summed E-state index contributed by atoms with van der Waals surface area (Å²) in [6.45, 7) is 0.774. The van der Waals surface area contributed by atoms with Crippen LogP contribution in [-0.4, -0.2) is 26.8 Å². The lowest BCUT2D eigenvalue weighted by atomic mass is 10.2. The van der Waals surface area contributed by atoms with Crippen LogP contribution in [-0.2, 0) is 6.54 Å². The van der Waals surface area contributed by atoms with E-state index in [1.54, 1.807) is 10.9 Å². The summed E-state index contributed by atoms with van der Waals surface area (Å²) in [6, 6.07) is 3.24. The molecule has 7 heteroatoms. The predicted molar refractivity (Wildman–Crippen MR) is 76.3 cm³/mol. The van der Waals surface area contributed by atoms with Crippen molar-refractivity contribution >= 4 is 17.6 Å². The number of anilines is 1. The van der Waals surface area contributed by atoms with Crippen LogP contribution in [0, 0.1) is 11.7 Å². The number of hydrogen-bond donors (Lipinski definition) is 2. The average molecular weight is 303 g/mol. The second-order valence-corrected chi connectivity index (χ2v) is 5.35. The molecule has 6 nitrogen and oxygen atoms in total. The summed E-state index contributed by atoms with van der Waals surface area (Å²) in [6.07, 6.45) is 5.37. The van der Waals surface area contributed by atoms with Crippen molar-refractivity contribution < 1.29 is 19.1 Å². The third-order valence-corrected chi connectivity index (χ3v) is 3.50. The number of carboxylic acid groups (broad SMARTS) is 1. The van der Waals surface area contributed by atoms with Gasteiger partial charge < -0.3 is 10.4 Å². The van der Waals surface area contributed by atoms with Crippen LogP contribution in [0.2, 0.25) is 0 Å². The van der Waals surface area contributed by atoms with Gasteiger partial charge in [0.2, 0.25) is 0 Å². The molecule has 0 spiro atoms. The van der Waals surface area contributed by atoms with Crippen LogP contribution < -0.4 is 5.32 Å². The Labute approximate surface area is 125 Å². The molecule has 1 saturated carbocycles. The molecule has 1 aromatic heterocycles. The number of aromatic nitrogens is 2. The molecule has 2 N–H and O–H groups in total. The van der Waals surface area contributed by atoms with E-state index in [9.17, 15) is 14.0 Å². The van der Waals surface area contributed by atoms with Crippen LogP contribution in [0.5, 0.6) is 0 Å². The summed E-state index contributed by atoms with van der Waals surface area (Å²) in [5, 5.41) is 15.4. The number of carbonyl (C=O) groups excluding carboxylic acids is 1. The lowest BCUT2D eigenvalue weighted by Gasteiger charge is -2.06. The highest BCUT2D eigenvalue weighted by Crippen LogP contribution is 2.30. The molecule has 114 valence electrons. The van der Waals surface area contributed by atoms with Crippen LogP contribution in [0.1, 0.15) is 33.6 Å². The van der Waals surface area contributed by atoms with Crippen LogP contribution in [0.4, 0.5) is 10.1 Å². The van der Waals surface area contributed by atoms with Gasteiger partial charge in [0.1, 0.15) is 5.82 Å². The molecule has 1 aliphatic carbocycles. The Bertz CT molecular complexity index is 737. The number of nitrogens with zero attached hydrogens (tertiary/aromatic N) is 2. The molecule has 0 saturated heterocycles. The summed E-state index contributed by atoms with van der Waals surface area (Å²) in [4.78, 5) is 23.0. The van der Waals surface area contributed by atoms with E-state index in [1.165, 1.54) is 19.0 Å². The topological polar surface area (TPSA) is 84.2 Å². The Morgan fingerprint density at radius 3 is 2.82 bits per heavy atom. The van der Waals surface area contributed by atoms with Gasteiger partial charge in [0.05, 0.1) is 23.0 Å². The van der Waals surface area contributed by atoms with E-state index < -0.39 is 17.7 Å². The molecule has 1 heterocycles. The molecule has 1 aromatic carbocycles. The van der Waals surface area contributed by atoms with Gasteiger partial charge in [-0.3, -0.25) is 9.48 Å². The third kappa shape index (κ3) is 3.13. The Kier molecular flexibility index (Phi) is 3.62. The highest BCUT2D eigenvalue weighted by atomic mass is 19.1. The molecule has 0 radical (unpaired) electrons. The largest absolute Gasteiger partial charge is 0.478 e. The van der Waals surface area contributed by atoms with Crippen molar-refractivity contribution in [2.75, 3.05) is 5.32 Å². The molecule has 0 unspecified atom stereocenters. The monoisotopic (exact) mass is 303 g/mol. The lowest BCUT2D eigenvalue weighted by Crippen LogP contribution is -2.13. The number of halogens is 1. The number of aromatic carboxylic acids is 1. The van der Waals surface area contributed by atoms with E-state index in [2.05, 4.69) is 10.4 Å². The van der Waals surface area contributed by atoms with Gasteiger partial charge in [-0.15, -0.1) is 0 Å². The minimum Gasteiger partial charge on any atom is -0.478 e. The first-order valence-corrected chi connectivity index (χ1v) is 6.89. The number of rotatable bonds is 5. The maximum absolute atomic E-state index is 13.7. The van der Waals surface area contributed by atoms with Gasteiger partial charge in [-0.05, 0) is 37.0 Å². The number of hydrogen-bond acceptors (Lipinski definition) is 3. The molecule has 3 rings (SSSR count). The molecule has 0 aliphatic heterocycles. The van der Waals surface area contributed by atoms with E-state index in [0.717, 1.165) is 24.7 Å². The molecule has 2 aromatic rings. The zero-order valence-electron chi connectivity index (χ0n) is 11.6. The standard InChI is InChI=1S/C15H14FN3O3/c16-12-4-3-10(15(21)22)5-13(12)18-14(20)11-6-17-19(8-11)7-9-1-2-9/h3-6,8-9H,1-2,7H2,(H,18,20)(H,21,22). The minimum atomic E-state index is -1.19. The van der Waals surface area contributed by atoms with Crippen LogP contribution in [0.3, 0.4) is 0 Å². The van der Waals surface area contributed by atoms with Crippen molar-refractivity contribution in [1.82, 2.24) is 9.78 Å². The van der Waals surface area contributed by atoms with Crippen LogP contribution in [0.15, 0.2) is 30.6 Å². The summed E-state index contributed by atoms with van der Waals surface area (Å²) in [5.74, 6) is -1.78. The molecule has 0 bridgehead atoms. The summed E-state index contributed by atoms with van der Waals surface area (Å²) in [7, 11) is 0. The highest BCUT2D eigenvalue weighted by Gasteiger charge is 2.22. The van der Waals surface area contributed by atoms with Gasteiger partial charge in [-0.1, -0.05) is 0 Å². The van der Waals surface area contributed by atoms with E-state index in [1.807, 2.05) is 0 Å². The van der Waals surface area contributed by atoms with Crippen molar-refractivity contribution in [2.45, 2.75) is 19.4 Å². The fourth-order valence-electron chi connectivity index (χ4n) is 2.09. The molecular formula is C15H14FN3O3. The fourth-order valence-corrected chi connectivity index (χ4v) is 2.09. The molecule has 1 amide bonds. The highest BCUT2D eigenvalue weighted by molar-refractivity contribution is 6.04. The van der Waals surface area contributed by atoms with Gasteiger partial charge in [0.15, 0.2) is 0 Å². The van der Waals surface area contributed by atoms with Crippen molar-refractivity contribution in [3.8, 4) is 0 Å². The first kappa shape index (κ1) is 14.2. The molecule has 1 aliphatic rings. The summed E-state index contributed by atoms with van der Waals surface area (Å²) >= 11 is 0. The molecule has 0 atom stereocenters. The van der Waals surface area contributed by atoms with Crippen molar-refractivity contribution in [3.63, 3.8) is 0 Å². The number of amides is 1. The maximum Gasteiger partial charge on any atom is 0.335 e. The van der Waals surface area contributed by atoms with Gasteiger partial charge in [0.25, 0.3) is 5.91 Å². The lowest BCUT2D eigenvalue weighted by molar-refractivity contribution is 0.0696. The normalized spacial score (nSPS) is 13.9. The first-order valence-electron chi connectivity index (χ1n) is 6.89.